The minimum atomic E-state index is -3.79. The SMILES string of the molecule is O=C(Nc1ccc2c(c1)OCCCO2)[C@@H]1C[C@@H]2CCCC[C@@H]2N1S(=O)(=O)c1ccccc1. The van der Waals surface area contributed by atoms with Crippen LogP contribution < -0.4 is 14.8 Å². The zero-order chi connectivity index (χ0) is 22.1. The van der Waals surface area contributed by atoms with Gasteiger partial charge in [-0.25, -0.2) is 8.42 Å². The zero-order valence-corrected chi connectivity index (χ0v) is 18.7. The van der Waals surface area contributed by atoms with Crippen molar-refractivity contribution in [3.05, 3.63) is 48.5 Å². The molecule has 32 heavy (non-hydrogen) atoms. The van der Waals surface area contributed by atoms with Crippen molar-refractivity contribution >= 4 is 21.6 Å². The standard InChI is InChI=1S/C24H28N2O5S/c27-24(25-18-11-12-22-23(16-18)31-14-6-13-30-22)21-15-17-7-4-5-10-20(17)26(21)32(28,29)19-8-2-1-3-9-19/h1-3,8-9,11-12,16-17,20-21H,4-7,10,13-15H2,(H,25,27)/t17-,20-,21-/m0/s1. The van der Waals surface area contributed by atoms with Crippen LogP contribution in [0, 0.1) is 5.92 Å². The maximum Gasteiger partial charge on any atom is 0.244 e. The molecule has 2 fully saturated rings. The fourth-order valence-electron chi connectivity index (χ4n) is 5.17. The van der Waals surface area contributed by atoms with Crippen molar-refractivity contribution in [2.45, 2.75) is 55.5 Å². The van der Waals surface area contributed by atoms with Crippen LogP contribution in [0.3, 0.4) is 0 Å². The number of hydrogen-bond donors (Lipinski definition) is 1. The van der Waals surface area contributed by atoms with E-state index in [-0.39, 0.29) is 22.8 Å². The van der Waals surface area contributed by atoms with Gasteiger partial charge in [0.05, 0.1) is 18.1 Å². The van der Waals surface area contributed by atoms with Gasteiger partial charge in [0.2, 0.25) is 15.9 Å². The van der Waals surface area contributed by atoms with Gasteiger partial charge in [-0.2, -0.15) is 4.31 Å². The van der Waals surface area contributed by atoms with Crippen LogP contribution in [0.25, 0.3) is 0 Å². The average Bonchev–Trinajstić information content (AvgIpc) is 3.06. The summed E-state index contributed by atoms with van der Waals surface area (Å²) in [5.41, 5.74) is 0.575. The van der Waals surface area contributed by atoms with Gasteiger partial charge in [0.15, 0.2) is 11.5 Å². The molecule has 1 saturated heterocycles. The molecular weight excluding hydrogens is 428 g/mol. The predicted octanol–water partition coefficient (Wildman–Crippen LogP) is 3.81. The van der Waals surface area contributed by atoms with Gasteiger partial charge in [-0.05, 0) is 49.4 Å². The second kappa shape index (κ2) is 8.75. The first kappa shape index (κ1) is 21.3. The van der Waals surface area contributed by atoms with Crippen molar-refractivity contribution in [2.75, 3.05) is 18.5 Å². The molecule has 170 valence electrons. The van der Waals surface area contributed by atoms with Gasteiger partial charge in [0.25, 0.3) is 0 Å². The van der Waals surface area contributed by atoms with E-state index < -0.39 is 16.1 Å². The number of nitrogens with zero attached hydrogens (tertiary/aromatic N) is 1. The molecule has 0 aromatic heterocycles. The van der Waals surface area contributed by atoms with Crippen molar-refractivity contribution < 1.29 is 22.7 Å². The van der Waals surface area contributed by atoms with Crippen molar-refractivity contribution in [3.63, 3.8) is 0 Å². The Morgan fingerprint density at radius 1 is 0.938 bits per heavy atom. The molecule has 2 aromatic rings. The Morgan fingerprint density at radius 3 is 2.50 bits per heavy atom. The van der Waals surface area contributed by atoms with Crippen molar-refractivity contribution in [1.29, 1.82) is 0 Å². The van der Waals surface area contributed by atoms with Crippen LogP contribution in [0.5, 0.6) is 11.5 Å². The second-order valence-corrected chi connectivity index (χ2v) is 10.6. The molecule has 2 aliphatic heterocycles. The highest BCUT2D eigenvalue weighted by molar-refractivity contribution is 7.89. The van der Waals surface area contributed by atoms with Crippen LogP contribution in [0.1, 0.15) is 38.5 Å². The Bertz CT molecular complexity index is 1090. The summed E-state index contributed by atoms with van der Waals surface area (Å²) in [6, 6.07) is 12.9. The number of fused-ring (bicyclic) bond motifs is 2. The summed E-state index contributed by atoms with van der Waals surface area (Å²) in [6.45, 7) is 1.15. The van der Waals surface area contributed by atoms with Gasteiger partial charge < -0.3 is 14.8 Å². The summed E-state index contributed by atoms with van der Waals surface area (Å²) in [6.07, 6.45) is 5.17. The van der Waals surface area contributed by atoms with E-state index in [0.29, 0.717) is 36.8 Å². The molecule has 0 radical (unpaired) electrons. The Balaban J connectivity index is 1.43. The Labute approximate surface area is 188 Å². The Morgan fingerprint density at radius 2 is 1.69 bits per heavy atom. The monoisotopic (exact) mass is 456 g/mol. The molecule has 8 heteroatoms. The van der Waals surface area contributed by atoms with E-state index in [1.54, 1.807) is 48.5 Å². The number of rotatable bonds is 4. The van der Waals surface area contributed by atoms with E-state index >= 15 is 0 Å². The third-order valence-corrected chi connectivity index (χ3v) is 8.61. The van der Waals surface area contributed by atoms with Gasteiger partial charge >= 0.3 is 0 Å². The molecule has 0 spiro atoms. The van der Waals surface area contributed by atoms with Crippen molar-refractivity contribution in [2.24, 2.45) is 5.92 Å². The highest BCUT2D eigenvalue weighted by Crippen LogP contribution is 2.43. The smallest absolute Gasteiger partial charge is 0.244 e. The van der Waals surface area contributed by atoms with Gasteiger partial charge in [0.1, 0.15) is 6.04 Å². The van der Waals surface area contributed by atoms with E-state index in [1.807, 2.05) is 0 Å². The normalized spacial score (nSPS) is 25.6. The van der Waals surface area contributed by atoms with E-state index in [2.05, 4.69) is 5.32 Å². The predicted molar refractivity (Wildman–Crippen MR) is 120 cm³/mol. The first-order valence-electron chi connectivity index (χ1n) is 11.3. The third kappa shape index (κ3) is 3.97. The van der Waals surface area contributed by atoms with Crippen LogP contribution in [0.15, 0.2) is 53.4 Å². The number of anilines is 1. The number of sulfonamides is 1. The molecule has 2 aromatic carbocycles. The Kier molecular flexibility index (Phi) is 5.82. The fraction of sp³-hybridized carbons (Fsp3) is 0.458. The highest BCUT2D eigenvalue weighted by atomic mass is 32.2. The quantitative estimate of drug-likeness (QED) is 0.756. The average molecular weight is 457 g/mol. The molecule has 1 aliphatic carbocycles. The van der Waals surface area contributed by atoms with E-state index in [1.165, 1.54) is 4.31 Å². The molecule has 0 unspecified atom stereocenters. The van der Waals surface area contributed by atoms with Crippen LogP contribution in [0.2, 0.25) is 0 Å². The number of amides is 1. The molecular formula is C24H28N2O5S. The number of hydrogen-bond acceptors (Lipinski definition) is 5. The first-order chi connectivity index (χ1) is 15.5. The lowest BCUT2D eigenvalue weighted by atomic mass is 9.85. The number of carbonyl (C=O) groups excluding carboxylic acids is 1. The van der Waals surface area contributed by atoms with Crippen LogP contribution >= 0.6 is 0 Å². The van der Waals surface area contributed by atoms with Crippen LogP contribution in [0.4, 0.5) is 5.69 Å². The van der Waals surface area contributed by atoms with Gasteiger partial charge in [-0.15, -0.1) is 0 Å². The highest BCUT2D eigenvalue weighted by Gasteiger charge is 2.50. The largest absolute Gasteiger partial charge is 0.490 e. The van der Waals surface area contributed by atoms with Crippen molar-refractivity contribution in [3.8, 4) is 11.5 Å². The number of carbonyl (C=O) groups is 1. The summed E-state index contributed by atoms with van der Waals surface area (Å²) >= 11 is 0. The summed E-state index contributed by atoms with van der Waals surface area (Å²) in [7, 11) is -3.79. The summed E-state index contributed by atoms with van der Waals surface area (Å²) in [5, 5.41) is 2.94. The molecule has 1 saturated carbocycles. The minimum Gasteiger partial charge on any atom is -0.490 e. The zero-order valence-electron chi connectivity index (χ0n) is 17.9. The molecule has 7 nitrogen and oxygen atoms in total. The number of nitrogens with one attached hydrogen (secondary N) is 1. The number of benzene rings is 2. The number of ether oxygens (including phenoxy) is 2. The third-order valence-electron chi connectivity index (χ3n) is 6.67. The molecule has 1 N–H and O–H groups in total. The van der Waals surface area contributed by atoms with Gasteiger partial charge in [0, 0.05) is 24.2 Å². The molecule has 2 heterocycles. The maximum absolute atomic E-state index is 13.6. The van der Waals surface area contributed by atoms with Crippen molar-refractivity contribution in [1.82, 2.24) is 4.31 Å². The first-order valence-corrected chi connectivity index (χ1v) is 12.8. The topological polar surface area (TPSA) is 84.9 Å². The molecule has 1 amide bonds. The summed E-state index contributed by atoms with van der Waals surface area (Å²) in [4.78, 5) is 13.6. The van der Waals surface area contributed by atoms with Crippen LogP contribution in [-0.2, 0) is 14.8 Å². The van der Waals surface area contributed by atoms with E-state index in [9.17, 15) is 13.2 Å². The summed E-state index contributed by atoms with van der Waals surface area (Å²) < 4.78 is 40.1. The summed E-state index contributed by atoms with van der Waals surface area (Å²) in [5.74, 6) is 1.16. The lowest BCUT2D eigenvalue weighted by Gasteiger charge is -2.32. The lowest BCUT2D eigenvalue weighted by molar-refractivity contribution is -0.119. The molecule has 3 atom stereocenters. The van der Waals surface area contributed by atoms with Gasteiger partial charge in [-0.1, -0.05) is 31.0 Å². The van der Waals surface area contributed by atoms with E-state index in [4.69, 9.17) is 9.47 Å². The van der Waals surface area contributed by atoms with Crippen LogP contribution in [-0.4, -0.2) is 43.9 Å². The molecule has 3 aliphatic rings. The fourth-order valence-corrected chi connectivity index (χ4v) is 7.06. The maximum atomic E-state index is 13.6. The minimum absolute atomic E-state index is 0.131. The second-order valence-electron chi connectivity index (χ2n) is 8.71. The molecule has 0 bridgehead atoms. The van der Waals surface area contributed by atoms with E-state index in [0.717, 1.165) is 32.1 Å². The molecule has 5 rings (SSSR count). The Hall–Kier alpha value is -2.58. The van der Waals surface area contributed by atoms with Gasteiger partial charge in [-0.3, -0.25) is 4.79 Å². The lowest BCUT2D eigenvalue weighted by Crippen LogP contribution is -2.47.